The monoisotopic (exact) mass is 536 g/mol. The van der Waals surface area contributed by atoms with Gasteiger partial charge in [-0.05, 0) is 53.8 Å². The molecule has 1 fully saturated rings. The first-order valence-corrected chi connectivity index (χ1v) is 13.1. The van der Waals surface area contributed by atoms with Gasteiger partial charge in [-0.1, -0.05) is 60.1 Å². The molecule has 38 heavy (non-hydrogen) atoms. The smallest absolute Gasteiger partial charge is 0.247 e. The van der Waals surface area contributed by atoms with E-state index in [1.807, 2.05) is 48.5 Å². The maximum atomic E-state index is 13.9. The fourth-order valence-corrected chi connectivity index (χ4v) is 4.73. The van der Waals surface area contributed by atoms with Crippen molar-refractivity contribution in [3.8, 4) is 11.5 Å². The maximum absolute atomic E-state index is 13.9. The molecule has 0 aromatic heterocycles. The van der Waals surface area contributed by atoms with E-state index in [9.17, 15) is 9.59 Å². The van der Waals surface area contributed by atoms with Gasteiger partial charge in [0.2, 0.25) is 11.8 Å². The lowest BCUT2D eigenvalue weighted by Crippen LogP contribution is -2.45. The van der Waals surface area contributed by atoms with Crippen molar-refractivity contribution in [3.05, 3.63) is 94.5 Å². The lowest BCUT2D eigenvalue weighted by atomic mass is 10.0. The molecule has 0 bridgehead atoms. The largest absolute Gasteiger partial charge is 0.493 e. The summed E-state index contributed by atoms with van der Waals surface area (Å²) in [5, 5.41) is 3.64. The average molecular weight is 537 g/mol. The minimum Gasteiger partial charge on any atom is -0.493 e. The third kappa shape index (κ3) is 7.05. The van der Waals surface area contributed by atoms with Crippen LogP contribution in [0.25, 0.3) is 0 Å². The summed E-state index contributed by atoms with van der Waals surface area (Å²) in [5.41, 5.74) is 2.34. The van der Waals surface area contributed by atoms with E-state index in [0.717, 1.165) is 29.5 Å². The fourth-order valence-electron chi connectivity index (χ4n) is 4.60. The van der Waals surface area contributed by atoms with Crippen molar-refractivity contribution in [2.24, 2.45) is 0 Å². The van der Waals surface area contributed by atoms with E-state index in [1.165, 1.54) is 0 Å². The van der Waals surface area contributed by atoms with Crippen molar-refractivity contribution in [1.82, 2.24) is 10.2 Å². The molecule has 0 spiro atoms. The summed E-state index contributed by atoms with van der Waals surface area (Å²) in [7, 11) is 3.12. The molecule has 2 amide bonds. The van der Waals surface area contributed by atoms with Crippen molar-refractivity contribution >= 4 is 23.4 Å². The number of carbonyl (C=O) groups excluding carboxylic acids is 2. The topological polar surface area (TPSA) is 77.1 Å². The zero-order valence-corrected chi connectivity index (χ0v) is 22.4. The Bertz CT molecular complexity index is 1210. The molecule has 3 aromatic carbocycles. The minimum absolute atomic E-state index is 0.0115. The van der Waals surface area contributed by atoms with Gasteiger partial charge in [0.05, 0.1) is 26.7 Å². The van der Waals surface area contributed by atoms with Crippen LogP contribution in [0.5, 0.6) is 11.5 Å². The van der Waals surface area contributed by atoms with E-state index >= 15 is 0 Å². The third-order valence-electron chi connectivity index (χ3n) is 6.59. The number of hydrogen-bond donors (Lipinski definition) is 1. The van der Waals surface area contributed by atoms with Gasteiger partial charge in [0.25, 0.3) is 0 Å². The first-order chi connectivity index (χ1) is 18.5. The summed E-state index contributed by atoms with van der Waals surface area (Å²) in [6.45, 7) is 1.34. The Kier molecular flexibility index (Phi) is 9.62. The summed E-state index contributed by atoms with van der Waals surface area (Å²) in [5.74, 6) is 0.669. The molecule has 1 N–H and O–H groups in total. The number of carbonyl (C=O) groups is 2. The van der Waals surface area contributed by atoms with Gasteiger partial charge in [-0.15, -0.1) is 0 Å². The third-order valence-corrected chi connectivity index (χ3v) is 6.85. The van der Waals surface area contributed by atoms with Crippen LogP contribution in [0.15, 0.2) is 72.8 Å². The second-order valence-electron chi connectivity index (χ2n) is 9.21. The average Bonchev–Trinajstić information content (AvgIpc) is 3.47. The number of hydrogen-bond acceptors (Lipinski definition) is 5. The number of ether oxygens (including phenoxy) is 3. The maximum Gasteiger partial charge on any atom is 0.247 e. The Hall–Kier alpha value is -3.55. The quantitative estimate of drug-likeness (QED) is 0.374. The molecule has 4 rings (SSSR count). The predicted octanol–water partition coefficient (Wildman–Crippen LogP) is 4.97. The van der Waals surface area contributed by atoms with Crippen LogP contribution in [0.2, 0.25) is 5.02 Å². The zero-order valence-electron chi connectivity index (χ0n) is 21.7. The van der Waals surface area contributed by atoms with Crippen molar-refractivity contribution in [2.45, 2.75) is 38.0 Å². The summed E-state index contributed by atoms with van der Waals surface area (Å²) < 4.78 is 16.5. The first-order valence-electron chi connectivity index (χ1n) is 12.7. The van der Waals surface area contributed by atoms with Crippen LogP contribution >= 0.6 is 11.6 Å². The van der Waals surface area contributed by atoms with Gasteiger partial charge in [0.1, 0.15) is 6.04 Å². The van der Waals surface area contributed by atoms with Gasteiger partial charge in [-0.3, -0.25) is 9.59 Å². The number of halogens is 1. The molecule has 8 heteroatoms. The van der Waals surface area contributed by atoms with Crippen LogP contribution in [-0.2, 0) is 27.3 Å². The molecule has 1 aliphatic rings. The molecule has 2 atom stereocenters. The summed E-state index contributed by atoms with van der Waals surface area (Å²) >= 11 is 6.11. The van der Waals surface area contributed by atoms with Gasteiger partial charge in [-0.25, -0.2) is 0 Å². The highest BCUT2D eigenvalue weighted by Crippen LogP contribution is 2.30. The van der Waals surface area contributed by atoms with E-state index < -0.39 is 6.04 Å². The number of nitrogens with one attached hydrogen (secondary N) is 1. The van der Waals surface area contributed by atoms with Crippen LogP contribution in [0.3, 0.4) is 0 Å². The Labute approximate surface area is 228 Å². The SMILES string of the molecule is COc1ccc(CC(=O)N(Cc2ccc(Cl)cc2)[C@H](C(=O)NC[C@H]2CCCO2)c2ccccc2)cc1OC. The summed E-state index contributed by atoms with van der Waals surface area (Å²) in [6, 6.07) is 21.2. The molecular formula is C30H33ClN2O5. The van der Waals surface area contributed by atoms with E-state index in [2.05, 4.69) is 5.32 Å². The molecule has 1 aliphatic heterocycles. The number of amides is 2. The van der Waals surface area contributed by atoms with Gasteiger partial charge < -0.3 is 24.4 Å². The first kappa shape index (κ1) is 27.5. The van der Waals surface area contributed by atoms with E-state index in [-0.39, 0.29) is 30.9 Å². The van der Waals surface area contributed by atoms with Gasteiger partial charge in [0, 0.05) is 24.7 Å². The predicted molar refractivity (Wildman–Crippen MR) is 146 cm³/mol. The van der Waals surface area contributed by atoms with Gasteiger partial charge in [0.15, 0.2) is 11.5 Å². The number of benzene rings is 3. The van der Waals surface area contributed by atoms with Crippen LogP contribution in [0.4, 0.5) is 0 Å². The lowest BCUT2D eigenvalue weighted by Gasteiger charge is -2.32. The second-order valence-corrected chi connectivity index (χ2v) is 9.64. The zero-order chi connectivity index (χ0) is 26.9. The van der Waals surface area contributed by atoms with Crippen LogP contribution in [0, 0.1) is 0 Å². The van der Waals surface area contributed by atoms with Crippen LogP contribution < -0.4 is 14.8 Å². The summed E-state index contributed by atoms with van der Waals surface area (Å²) in [4.78, 5) is 29.3. The normalized spacial score (nSPS) is 15.5. The van der Waals surface area contributed by atoms with Crippen molar-refractivity contribution in [2.75, 3.05) is 27.4 Å². The highest BCUT2D eigenvalue weighted by molar-refractivity contribution is 6.30. The fraction of sp³-hybridized carbons (Fsp3) is 0.333. The molecule has 200 valence electrons. The molecule has 0 unspecified atom stereocenters. The van der Waals surface area contributed by atoms with Crippen LogP contribution in [0.1, 0.15) is 35.6 Å². The van der Waals surface area contributed by atoms with Gasteiger partial charge in [-0.2, -0.15) is 0 Å². The standard InChI is InChI=1S/C30H33ClN2O5/c1-36-26-15-12-22(17-27(26)37-2)18-28(34)33(20-21-10-13-24(31)14-11-21)29(23-7-4-3-5-8-23)30(35)32-19-25-9-6-16-38-25/h3-5,7-8,10-15,17,25,29H,6,9,16,18-20H2,1-2H3,(H,32,35)/t25-,29+/m1/s1. The molecule has 3 aromatic rings. The molecular weight excluding hydrogens is 504 g/mol. The Morgan fingerprint density at radius 1 is 1.00 bits per heavy atom. The van der Waals surface area contributed by atoms with E-state index in [1.54, 1.807) is 43.4 Å². The molecule has 0 radical (unpaired) electrons. The Balaban J connectivity index is 1.66. The Morgan fingerprint density at radius 2 is 1.71 bits per heavy atom. The van der Waals surface area contributed by atoms with Crippen molar-refractivity contribution < 1.29 is 23.8 Å². The number of methoxy groups -OCH3 is 2. The second kappa shape index (κ2) is 13.3. The molecule has 0 saturated carbocycles. The molecule has 1 heterocycles. The molecule has 1 saturated heterocycles. The van der Waals surface area contributed by atoms with Crippen LogP contribution in [-0.4, -0.2) is 50.2 Å². The van der Waals surface area contributed by atoms with Crippen molar-refractivity contribution in [1.29, 1.82) is 0 Å². The van der Waals surface area contributed by atoms with E-state index in [4.69, 9.17) is 25.8 Å². The van der Waals surface area contributed by atoms with E-state index in [0.29, 0.717) is 29.7 Å². The highest BCUT2D eigenvalue weighted by atomic mass is 35.5. The highest BCUT2D eigenvalue weighted by Gasteiger charge is 2.32. The molecule has 7 nitrogen and oxygen atoms in total. The summed E-state index contributed by atoms with van der Waals surface area (Å²) in [6.07, 6.45) is 1.96. The minimum atomic E-state index is -0.832. The lowest BCUT2D eigenvalue weighted by molar-refractivity contribution is -0.141. The number of nitrogens with zero attached hydrogens (tertiary/aromatic N) is 1. The van der Waals surface area contributed by atoms with Gasteiger partial charge >= 0.3 is 0 Å². The number of rotatable bonds is 11. The molecule has 0 aliphatic carbocycles. The Morgan fingerprint density at radius 3 is 2.37 bits per heavy atom. The van der Waals surface area contributed by atoms with Crippen molar-refractivity contribution in [3.63, 3.8) is 0 Å².